The van der Waals surface area contributed by atoms with Crippen molar-refractivity contribution in [2.45, 2.75) is 19.0 Å². The SMILES string of the molecule is CN(Cc1ccco1)CC1CNCc2ccccc21. The second-order valence-corrected chi connectivity index (χ2v) is 5.30. The number of likely N-dealkylation sites (N-methyl/N-ethyl adjacent to an activating group) is 1. The molecule has 1 atom stereocenters. The van der Waals surface area contributed by atoms with Crippen LogP contribution in [0.3, 0.4) is 0 Å². The molecule has 0 amide bonds. The molecule has 1 N–H and O–H groups in total. The summed E-state index contributed by atoms with van der Waals surface area (Å²) in [5.41, 5.74) is 2.93. The normalized spacial score (nSPS) is 18.5. The predicted octanol–water partition coefficient (Wildman–Crippen LogP) is 2.60. The van der Waals surface area contributed by atoms with Crippen molar-refractivity contribution in [3.63, 3.8) is 0 Å². The van der Waals surface area contributed by atoms with Gasteiger partial charge >= 0.3 is 0 Å². The van der Waals surface area contributed by atoms with Crippen LogP contribution in [0.25, 0.3) is 0 Å². The summed E-state index contributed by atoms with van der Waals surface area (Å²) in [6.45, 7) is 3.96. The first kappa shape index (κ1) is 12.5. The van der Waals surface area contributed by atoms with Crippen LogP contribution in [0.1, 0.15) is 22.8 Å². The summed E-state index contributed by atoms with van der Waals surface area (Å²) in [5.74, 6) is 1.59. The molecule has 3 heteroatoms. The largest absolute Gasteiger partial charge is 0.468 e. The van der Waals surface area contributed by atoms with Gasteiger partial charge in [0.25, 0.3) is 0 Å². The smallest absolute Gasteiger partial charge is 0.117 e. The Morgan fingerprint density at radius 1 is 1.26 bits per heavy atom. The van der Waals surface area contributed by atoms with E-state index in [2.05, 4.69) is 41.5 Å². The van der Waals surface area contributed by atoms with Crippen LogP contribution in [0, 0.1) is 0 Å². The second-order valence-electron chi connectivity index (χ2n) is 5.30. The Bertz CT molecular complexity index is 521. The third-order valence-corrected chi connectivity index (χ3v) is 3.74. The molecule has 1 aromatic carbocycles. The molecule has 100 valence electrons. The van der Waals surface area contributed by atoms with Crippen molar-refractivity contribution >= 4 is 0 Å². The zero-order valence-electron chi connectivity index (χ0n) is 11.3. The lowest BCUT2D eigenvalue weighted by Crippen LogP contribution is -2.35. The molecular formula is C16H20N2O. The van der Waals surface area contributed by atoms with Crippen molar-refractivity contribution in [3.8, 4) is 0 Å². The van der Waals surface area contributed by atoms with E-state index in [1.54, 1.807) is 6.26 Å². The number of fused-ring (bicyclic) bond motifs is 1. The van der Waals surface area contributed by atoms with Crippen LogP contribution in [0.2, 0.25) is 0 Å². The van der Waals surface area contributed by atoms with E-state index in [0.717, 1.165) is 31.9 Å². The third-order valence-electron chi connectivity index (χ3n) is 3.74. The first-order valence-electron chi connectivity index (χ1n) is 6.82. The molecule has 1 aliphatic heterocycles. The fourth-order valence-electron chi connectivity index (χ4n) is 2.86. The van der Waals surface area contributed by atoms with Gasteiger partial charge in [-0.1, -0.05) is 24.3 Å². The lowest BCUT2D eigenvalue weighted by atomic mass is 9.90. The van der Waals surface area contributed by atoms with Gasteiger partial charge in [-0.15, -0.1) is 0 Å². The van der Waals surface area contributed by atoms with Crippen LogP contribution in [-0.2, 0) is 13.1 Å². The summed E-state index contributed by atoms with van der Waals surface area (Å²) < 4.78 is 5.41. The molecule has 3 rings (SSSR count). The Morgan fingerprint density at radius 2 is 2.16 bits per heavy atom. The van der Waals surface area contributed by atoms with E-state index in [1.807, 2.05) is 12.1 Å². The number of hydrogen-bond acceptors (Lipinski definition) is 3. The van der Waals surface area contributed by atoms with Crippen LogP contribution in [-0.4, -0.2) is 25.0 Å². The van der Waals surface area contributed by atoms with Gasteiger partial charge in [0.05, 0.1) is 12.8 Å². The van der Waals surface area contributed by atoms with Gasteiger partial charge in [-0.25, -0.2) is 0 Å². The molecule has 0 saturated heterocycles. The third kappa shape index (κ3) is 2.88. The number of nitrogens with zero attached hydrogens (tertiary/aromatic N) is 1. The monoisotopic (exact) mass is 256 g/mol. The Morgan fingerprint density at radius 3 is 3.00 bits per heavy atom. The molecule has 1 unspecified atom stereocenters. The molecular weight excluding hydrogens is 236 g/mol. The topological polar surface area (TPSA) is 28.4 Å². The van der Waals surface area contributed by atoms with Gasteiger partial charge in [0, 0.05) is 25.6 Å². The molecule has 0 saturated carbocycles. The minimum Gasteiger partial charge on any atom is -0.468 e. The number of nitrogens with one attached hydrogen (secondary N) is 1. The average molecular weight is 256 g/mol. The zero-order valence-corrected chi connectivity index (χ0v) is 11.3. The molecule has 2 aromatic rings. The van der Waals surface area contributed by atoms with Gasteiger partial charge in [-0.2, -0.15) is 0 Å². The Labute approximate surface area is 114 Å². The van der Waals surface area contributed by atoms with Gasteiger partial charge in [0.2, 0.25) is 0 Å². The van der Waals surface area contributed by atoms with Crippen LogP contribution >= 0.6 is 0 Å². The maximum absolute atomic E-state index is 5.41. The van der Waals surface area contributed by atoms with E-state index < -0.39 is 0 Å². The van der Waals surface area contributed by atoms with Crippen molar-refractivity contribution in [2.24, 2.45) is 0 Å². The molecule has 3 nitrogen and oxygen atoms in total. The number of furan rings is 1. The molecule has 0 fully saturated rings. The van der Waals surface area contributed by atoms with Gasteiger partial charge in [-0.3, -0.25) is 4.90 Å². The van der Waals surface area contributed by atoms with E-state index in [-0.39, 0.29) is 0 Å². The highest BCUT2D eigenvalue weighted by Gasteiger charge is 2.20. The Hall–Kier alpha value is -1.58. The van der Waals surface area contributed by atoms with Crippen molar-refractivity contribution < 1.29 is 4.42 Å². The average Bonchev–Trinajstić information content (AvgIpc) is 2.92. The first-order valence-corrected chi connectivity index (χ1v) is 6.82. The highest BCUT2D eigenvalue weighted by molar-refractivity contribution is 5.32. The van der Waals surface area contributed by atoms with E-state index in [1.165, 1.54) is 11.1 Å². The maximum atomic E-state index is 5.41. The minimum atomic E-state index is 0.560. The van der Waals surface area contributed by atoms with E-state index in [9.17, 15) is 0 Å². The van der Waals surface area contributed by atoms with Crippen molar-refractivity contribution in [1.29, 1.82) is 0 Å². The summed E-state index contributed by atoms with van der Waals surface area (Å²) >= 11 is 0. The molecule has 1 aromatic heterocycles. The van der Waals surface area contributed by atoms with E-state index in [4.69, 9.17) is 4.42 Å². The van der Waals surface area contributed by atoms with Crippen LogP contribution in [0.15, 0.2) is 47.1 Å². The molecule has 0 bridgehead atoms. The van der Waals surface area contributed by atoms with Crippen LogP contribution < -0.4 is 5.32 Å². The molecule has 0 aliphatic carbocycles. The highest BCUT2D eigenvalue weighted by Crippen LogP contribution is 2.24. The molecule has 1 aliphatic rings. The van der Waals surface area contributed by atoms with E-state index >= 15 is 0 Å². The Balaban J connectivity index is 1.67. The van der Waals surface area contributed by atoms with Gasteiger partial charge in [-0.05, 0) is 30.3 Å². The lowest BCUT2D eigenvalue weighted by molar-refractivity contribution is 0.270. The van der Waals surface area contributed by atoms with Crippen LogP contribution in [0.4, 0.5) is 0 Å². The number of benzene rings is 1. The van der Waals surface area contributed by atoms with Gasteiger partial charge in [0.15, 0.2) is 0 Å². The standard InChI is InChI=1S/C16H20N2O/c1-18(12-15-6-4-8-19-15)11-14-10-17-9-13-5-2-3-7-16(13)14/h2-8,14,17H,9-12H2,1H3. The summed E-state index contributed by atoms with van der Waals surface area (Å²) in [5, 5.41) is 3.51. The summed E-state index contributed by atoms with van der Waals surface area (Å²) in [6.07, 6.45) is 1.74. The zero-order chi connectivity index (χ0) is 13.1. The van der Waals surface area contributed by atoms with Gasteiger partial charge in [0.1, 0.15) is 5.76 Å². The van der Waals surface area contributed by atoms with Crippen LogP contribution in [0.5, 0.6) is 0 Å². The molecule has 2 heterocycles. The number of hydrogen-bond donors (Lipinski definition) is 1. The lowest BCUT2D eigenvalue weighted by Gasteiger charge is -2.29. The fraction of sp³-hybridized carbons (Fsp3) is 0.375. The predicted molar refractivity (Wildman–Crippen MR) is 75.9 cm³/mol. The fourth-order valence-corrected chi connectivity index (χ4v) is 2.86. The van der Waals surface area contributed by atoms with Crippen molar-refractivity contribution in [1.82, 2.24) is 10.2 Å². The van der Waals surface area contributed by atoms with E-state index in [0.29, 0.717) is 5.92 Å². The van der Waals surface area contributed by atoms with Crippen molar-refractivity contribution in [3.05, 3.63) is 59.5 Å². The molecule has 19 heavy (non-hydrogen) atoms. The summed E-state index contributed by atoms with van der Waals surface area (Å²) in [7, 11) is 2.15. The molecule has 0 spiro atoms. The van der Waals surface area contributed by atoms with Gasteiger partial charge < -0.3 is 9.73 Å². The first-order chi connectivity index (χ1) is 9.33. The number of rotatable bonds is 4. The summed E-state index contributed by atoms with van der Waals surface area (Å²) in [6, 6.07) is 12.7. The minimum absolute atomic E-state index is 0.560. The van der Waals surface area contributed by atoms with Crippen molar-refractivity contribution in [2.75, 3.05) is 20.1 Å². The quantitative estimate of drug-likeness (QED) is 0.911. The summed E-state index contributed by atoms with van der Waals surface area (Å²) in [4.78, 5) is 2.33. The highest BCUT2D eigenvalue weighted by atomic mass is 16.3. The second kappa shape index (κ2) is 5.59. The maximum Gasteiger partial charge on any atom is 0.117 e. The Kier molecular flexibility index (Phi) is 3.67. The molecule has 0 radical (unpaired) electrons.